The predicted molar refractivity (Wildman–Crippen MR) is 78.7 cm³/mol. The molecule has 2 saturated heterocycles. The van der Waals surface area contributed by atoms with Crippen LogP contribution in [0.1, 0.15) is 5.56 Å². The summed E-state index contributed by atoms with van der Waals surface area (Å²) in [7, 11) is 1.69. The summed E-state index contributed by atoms with van der Waals surface area (Å²) in [6, 6.07) is 9.55. The highest BCUT2D eigenvalue weighted by molar-refractivity contribution is 8.14. The Hall–Kier alpha value is -1.08. The van der Waals surface area contributed by atoms with Crippen molar-refractivity contribution < 1.29 is 14.9 Å². The molecule has 2 fully saturated rings. The van der Waals surface area contributed by atoms with Gasteiger partial charge in [-0.2, -0.15) is 0 Å². The number of ether oxygens (including phenoxy) is 1. The molecule has 0 unspecified atom stereocenters. The summed E-state index contributed by atoms with van der Waals surface area (Å²) in [5.41, 5.74) is 0.878. The quantitative estimate of drug-likeness (QED) is 0.735. The van der Waals surface area contributed by atoms with Gasteiger partial charge in [-0.05, 0) is 5.56 Å². The van der Waals surface area contributed by atoms with Crippen LogP contribution in [0.4, 0.5) is 0 Å². The summed E-state index contributed by atoms with van der Waals surface area (Å²) < 4.78 is 5.94. The van der Waals surface area contributed by atoms with Crippen molar-refractivity contribution in [3.05, 3.63) is 35.9 Å². The van der Waals surface area contributed by atoms with Crippen molar-refractivity contribution >= 4 is 16.9 Å². The number of amidine groups is 1. The summed E-state index contributed by atoms with van der Waals surface area (Å²) >= 11 is 1.46. The minimum Gasteiger partial charge on any atom is -0.388 e. The van der Waals surface area contributed by atoms with Crippen LogP contribution in [0.2, 0.25) is 0 Å². The molecule has 5 atom stereocenters. The van der Waals surface area contributed by atoms with Crippen LogP contribution in [0.3, 0.4) is 0 Å². The van der Waals surface area contributed by atoms with Gasteiger partial charge in [0.1, 0.15) is 17.6 Å². The number of hydrogen-bond donors (Lipinski definition) is 3. The number of fused-ring (bicyclic) bond motifs is 1. The highest BCUT2D eigenvalue weighted by atomic mass is 32.2. The second-order valence-corrected chi connectivity index (χ2v) is 6.12. The Balaban J connectivity index is 1.74. The summed E-state index contributed by atoms with van der Waals surface area (Å²) in [4.78, 5) is 4.08. The van der Waals surface area contributed by atoms with E-state index in [0.29, 0.717) is 6.42 Å². The Labute approximate surface area is 122 Å². The molecule has 0 bridgehead atoms. The Bertz CT molecular complexity index is 496. The first-order chi connectivity index (χ1) is 9.69. The number of aliphatic imine (C=N–C) groups is 1. The van der Waals surface area contributed by atoms with Gasteiger partial charge >= 0.3 is 0 Å². The van der Waals surface area contributed by atoms with Crippen molar-refractivity contribution in [1.82, 2.24) is 5.32 Å². The highest BCUT2D eigenvalue weighted by Crippen LogP contribution is 2.34. The van der Waals surface area contributed by atoms with E-state index in [2.05, 4.69) is 10.3 Å². The van der Waals surface area contributed by atoms with Crippen molar-refractivity contribution in [2.24, 2.45) is 4.99 Å². The number of thioether (sulfide) groups is 1. The Morgan fingerprint density at radius 2 is 2.00 bits per heavy atom. The molecule has 2 heterocycles. The van der Waals surface area contributed by atoms with E-state index in [9.17, 15) is 10.2 Å². The molecule has 0 aromatic heterocycles. The lowest BCUT2D eigenvalue weighted by molar-refractivity contribution is -0.155. The zero-order chi connectivity index (χ0) is 14.1. The van der Waals surface area contributed by atoms with Crippen molar-refractivity contribution in [3.63, 3.8) is 0 Å². The molecule has 0 saturated carbocycles. The van der Waals surface area contributed by atoms with Gasteiger partial charge in [0.15, 0.2) is 5.17 Å². The van der Waals surface area contributed by atoms with E-state index in [1.54, 1.807) is 7.05 Å². The lowest BCUT2D eigenvalue weighted by Gasteiger charge is -2.39. The molecule has 2 aliphatic heterocycles. The van der Waals surface area contributed by atoms with Crippen LogP contribution in [0.25, 0.3) is 0 Å². The molecule has 1 aromatic rings. The van der Waals surface area contributed by atoms with Gasteiger partial charge in [-0.1, -0.05) is 42.1 Å². The summed E-state index contributed by atoms with van der Waals surface area (Å²) in [6.07, 6.45) is -1.57. The molecule has 0 aliphatic carbocycles. The van der Waals surface area contributed by atoms with Gasteiger partial charge in [-0.15, -0.1) is 0 Å². The molecule has 6 heteroatoms. The summed E-state index contributed by atoms with van der Waals surface area (Å²) in [6.45, 7) is 0. The fourth-order valence-electron chi connectivity index (χ4n) is 2.60. The van der Waals surface area contributed by atoms with E-state index >= 15 is 0 Å². The third kappa shape index (κ3) is 2.56. The van der Waals surface area contributed by atoms with E-state index in [-0.39, 0.29) is 11.5 Å². The monoisotopic (exact) mass is 294 g/mol. The van der Waals surface area contributed by atoms with Crippen LogP contribution in [0.5, 0.6) is 0 Å². The van der Waals surface area contributed by atoms with Crippen LogP contribution in [-0.2, 0) is 11.2 Å². The average molecular weight is 294 g/mol. The lowest BCUT2D eigenvalue weighted by atomic mass is 9.94. The van der Waals surface area contributed by atoms with Gasteiger partial charge in [-0.25, -0.2) is 0 Å². The second kappa shape index (κ2) is 5.73. The summed E-state index contributed by atoms with van der Waals surface area (Å²) in [5, 5.41) is 24.3. The molecular weight excluding hydrogens is 276 g/mol. The maximum absolute atomic E-state index is 10.2. The van der Waals surface area contributed by atoms with Crippen LogP contribution in [-0.4, -0.2) is 52.2 Å². The van der Waals surface area contributed by atoms with Crippen LogP contribution >= 0.6 is 11.8 Å². The number of aliphatic hydroxyl groups excluding tert-OH is 2. The lowest BCUT2D eigenvalue weighted by Crippen LogP contribution is -2.59. The number of aliphatic hydroxyl groups is 2. The standard InChI is InChI=1S/C14H18N2O3S/c1-15-14-16-10-12(18)11(17)9(19-13(10)20-14)7-8-5-3-2-4-6-8/h2-6,9-13,17-18H,7H2,1H3,(H,15,16)/t9-,10-,11-,12-,13-/m1/s1. The number of benzene rings is 1. The molecule has 0 spiro atoms. The van der Waals surface area contributed by atoms with Crippen molar-refractivity contribution in [3.8, 4) is 0 Å². The fourth-order valence-corrected chi connectivity index (χ4v) is 3.71. The topological polar surface area (TPSA) is 74.1 Å². The molecular formula is C14H18N2O3S. The zero-order valence-electron chi connectivity index (χ0n) is 11.1. The molecule has 1 aromatic carbocycles. The molecule has 0 amide bonds. The van der Waals surface area contributed by atoms with Crippen molar-refractivity contribution in [2.45, 2.75) is 36.2 Å². The highest BCUT2D eigenvalue weighted by Gasteiger charge is 2.48. The van der Waals surface area contributed by atoms with Gasteiger partial charge in [-0.3, -0.25) is 4.99 Å². The van der Waals surface area contributed by atoms with E-state index < -0.39 is 18.3 Å². The Kier molecular flexibility index (Phi) is 3.98. The van der Waals surface area contributed by atoms with Crippen LogP contribution in [0, 0.1) is 0 Å². The van der Waals surface area contributed by atoms with Crippen LogP contribution in [0.15, 0.2) is 35.3 Å². The molecule has 3 rings (SSSR count). The summed E-state index contributed by atoms with van der Waals surface area (Å²) in [5.74, 6) is 0. The minimum absolute atomic E-state index is 0.208. The first kappa shape index (κ1) is 13.9. The van der Waals surface area contributed by atoms with Crippen molar-refractivity contribution in [2.75, 3.05) is 7.05 Å². The molecule has 5 nitrogen and oxygen atoms in total. The first-order valence-corrected chi connectivity index (χ1v) is 7.52. The largest absolute Gasteiger partial charge is 0.388 e. The van der Waals surface area contributed by atoms with E-state index in [4.69, 9.17) is 4.74 Å². The van der Waals surface area contributed by atoms with E-state index in [1.807, 2.05) is 30.3 Å². The van der Waals surface area contributed by atoms with Gasteiger partial charge in [0, 0.05) is 13.5 Å². The molecule has 2 aliphatic rings. The van der Waals surface area contributed by atoms with E-state index in [1.165, 1.54) is 11.8 Å². The van der Waals surface area contributed by atoms with E-state index in [0.717, 1.165) is 10.7 Å². The van der Waals surface area contributed by atoms with Gasteiger partial charge < -0.3 is 20.3 Å². The maximum Gasteiger partial charge on any atom is 0.159 e. The van der Waals surface area contributed by atoms with Crippen molar-refractivity contribution in [1.29, 1.82) is 0 Å². The molecule has 20 heavy (non-hydrogen) atoms. The molecule has 0 radical (unpaired) electrons. The van der Waals surface area contributed by atoms with Gasteiger partial charge in [0.2, 0.25) is 0 Å². The maximum atomic E-state index is 10.2. The number of nitrogens with one attached hydrogen (secondary N) is 1. The smallest absolute Gasteiger partial charge is 0.159 e. The third-order valence-corrected chi connectivity index (χ3v) is 4.86. The number of nitrogens with zero attached hydrogens (tertiary/aromatic N) is 1. The van der Waals surface area contributed by atoms with Gasteiger partial charge in [0.05, 0.1) is 12.1 Å². The minimum atomic E-state index is -0.902. The van der Waals surface area contributed by atoms with Gasteiger partial charge in [0.25, 0.3) is 0 Å². The molecule has 3 N–H and O–H groups in total. The third-order valence-electron chi connectivity index (χ3n) is 3.70. The normalized spacial score (nSPS) is 38.5. The molecule has 108 valence electrons. The number of rotatable bonds is 2. The second-order valence-electron chi connectivity index (χ2n) is 5.03. The predicted octanol–water partition coefficient (Wildman–Crippen LogP) is 0.367. The Morgan fingerprint density at radius 3 is 2.70 bits per heavy atom. The van der Waals surface area contributed by atoms with Crippen LogP contribution < -0.4 is 5.32 Å². The zero-order valence-corrected chi connectivity index (χ0v) is 12.0. The average Bonchev–Trinajstić information content (AvgIpc) is 2.89. The number of hydrogen-bond acceptors (Lipinski definition) is 5. The fraction of sp³-hybridized carbons (Fsp3) is 0.500. The SMILES string of the molecule is CN=C1N[C@@H]2[C@@H](O)[C@H](O)[C@@H](Cc3ccccc3)O[C@@H]2S1. The Morgan fingerprint density at radius 1 is 1.25 bits per heavy atom. The first-order valence-electron chi connectivity index (χ1n) is 6.64.